The number of benzene rings is 1. The lowest BCUT2D eigenvalue weighted by molar-refractivity contribution is 0.415. The van der Waals surface area contributed by atoms with Crippen molar-refractivity contribution in [1.29, 1.82) is 0 Å². The molecule has 0 unspecified atom stereocenters. The largest absolute Gasteiger partial charge is 0.497 e. The second-order valence-corrected chi connectivity index (χ2v) is 3.42. The first-order valence-corrected chi connectivity index (χ1v) is 4.87. The summed E-state index contributed by atoms with van der Waals surface area (Å²) in [5, 5.41) is 3.49. The molecule has 0 radical (unpaired) electrons. The van der Waals surface area contributed by atoms with Crippen molar-refractivity contribution in [1.82, 2.24) is 16.2 Å². The minimum atomic E-state index is 0.562. The molecule has 0 bridgehead atoms. The lowest BCUT2D eigenvalue weighted by atomic mass is 10.1. The topological polar surface area (TPSA) is 45.3 Å². The van der Waals surface area contributed by atoms with Crippen molar-refractivity contribution in [3.05, 3.63) is 36.0 Å². The van der Waals surface area contributed by atoms with Crippen LogP contribution in [0.3, 0.4) is 0 Å². The van der Waals surface area contributed by atoms with Crippen molar-refractivity contribution < 1.29 is 4.74 Å². The van der Waals surface area contributed by atoms with Crippen molar-refractivity contribution in [2.75, 3.05) is 7.11 Å². The first-order valence-electron chi connectivity index (χ1n) is 4.47. The summed E-state index contributed by atoms with van der Waals surface area (Å²) in [4.78, 5) is 0. The lowest BCUT2D eigenvalue weighted by Gasteiger charge is -2.19. The van der Waals surface area contributed by atoms with Gasteiger partial charge in [-0.25, -0.2) is 0 Å². The predicted molar refractivity (Wildman–Crippen MR) is 63.0 cm³/mol. The summed E-state index contributed by atoms with van der Waals surface area (Å²) in [6.07, 6.45) is 1.82. The Morgan fingerprint density at radius 2 is 1.87 bits per heavy atom. The number of nitrogens with one attached hydrogen (secondary N) is 3. The SMILES string of the molecule is COc1ccc(C2=CNC(=S)NN2)cc1. The van der Waals surface area contributed by atoms with E-state index in [1.807, 2.05) is 30.5 Å². The van der Waals surface area contributed by atoms with Gasteiger partial charge in [-0.3, -0.25) is 10.9 Å². The van der Waals surface area contributed by atoms with Gasteiger partial charge in [0.1, 0.15) is 5.75 Å². The van der Waals surface area contributed by atoms with Gasteiger partial charge in [-0.05, 0) is 36.5 Å². The number of hydrogen-bond donors (Lipinski definition) is 3. The van der Waals surface area contributed by atoms with E-state index >= 15 is 0 Å². The van der Waals surface area contributed by atoms with Crippen LogP contribution in [0.5, 0.6) is 5.75 Å². The number of ether oxygens (including phenoxy) is 1. The second kappa shape index (κ2) is 4.18. The summed E-state index contributed by atoms with van der Waals surface area (Å²) in [6, 6.07) is 7.75. The zero-order valence-corrected chi connectivity index (χ0v) is 9.02. The molecule has 1 aliphatic rings. The molecule has 78 valence electrons. The van der Waals surface area contributed by atoms with E-state index in [9.17, 15) is 0 Å². The lowest BCUT2D eigenvalue weighted by Crippen LogP contribution is -2.45. The van der Waals surface area contributed by atoms with E-state index in [0.717, 1.165) is 17.0 Å². The quantitative estimate of drug-likeness (QED) is 0.650. The Balaban J connectivity index is 2.19. The summed E-state index contributed by atoms with van der Waals surface area (Å²) >= 11 is 4.90. The Hall–Kier alpha value is -1.75. The van der Waals surface area contributed by atoms with Gasteiger partial charge in [-0.2, -0.15) is 0 Å². The second-order valence-electron chi connectivity index (χ2n) is 3.01. The van der Waals surface area contributed by atoms with Gasteiger partial charge in [-0.15, -0.1) is 0 Å². The van der Waals surface area contributed by atoms with Crippen LogP contribution in [0.25, 0.3) is 5.70 Å². The van der Waals surface area contributed by atoms with Gasteiger partial charge in [0.05, 0.1) is 12.8 Å². The smallest absolute Gasteiger partial charge is 0.189 e. The maximum absolute atomic E-state index is 5.08. The van der Waals surface area contributed by atoms with Gasteiger partial charge in [0, 0.05) is 11.8 Å². The standard InChI is InChI=1S/C10H11N3OS/c1-14-8-4-2-7(3-5-8)9-6-11-10(15)13-12-9/h2-6,12H,1H3,(H2,11,13,15). The molecule has 0 spiro atoms. The molecule has 3 N–H and O–H groups in total. The van der Waals surface area contributed by atoms with E-state index in [4.69, 9.17) is 17.0 Å². The number of hydrazine groups is 1. The van der Waals surface area contributed by atoms with Gasteiger partial charge in [-0.1, -0.05) is 0 Å². The summed E-state index contributed by atoms with van der Waals surface area (Å²) < 4.78 is 5.08. The van der Waals surface area contributed by atoms with E-state index in [-0.39, 0.29) is 0 Å². The molecule has 0 saturated heterocycles. The third kappa shape index (κ3) is 2.19. The van der Waals surface area contributed by atoms with E-state index in [0.29, 0.717) is 5.11 Å². The molecule has 2 rings (SSSR count). The third-order valence-corrected chi connectivity index (χ3v) is 2.28. The maximum atomic E-state index is 5.08. The summed E-state index contributed by atoms with van der Waals surface area (Å²) in [5.74, 6) is 0.839. The molecule has 0 amide bonds. The molecule has 0 aromatic heterocycles. The molecule has 1 aromatic carbocycles. The van der Waals surface area contributed by atoms with Crippen LogP contribution in [0.1, 0.15) is 5.56 Å². The highest BCUT2D eigenvalue weighted by molar-refractivity contribution is 7.80. The highest BCUT2D eigenvalue weighted by atomic mass is 32.1. The molecule has 0 aliphatic carbocycles. The van der Waals surface area contributed by atoms with Crippen LogP contribution in [0, 0.1) is 0 Å². The Labute approximate surface area is 93.3 Å². The van der Waals surface area contributed by atoms with Crippen LogP contribution < -0.4 is 20.9 Å². The van der Waals surface area contributed by atoms with E-state index < -0.39 is 0 Å². The number of hydrogen-bond acceptors (Lipinski definition) is 3. The first-order chi connectivity index (χ1) is 7.29. The molecule has 1 aliphatic heterocycles. The molecule has 5 heteroatoms. The van der Waals surface area contributed by atoms with Crippen molar-refractivity contribution in [2.24, 2.45) is 0 Å². The van der Waals surface area contributed by atoms with Gasteiger partial charge < -0.3 is 10.1 Å². The average Bonchev–Trinajstić information content (AvgIpc) is 2.30. The monoisotopic (exact) mass is 221 g/mol. The molecule has 0 fully saturated rings. The molecule has 15 heavy (non-hydrogen) atoms. The fourth-order valence-electron chi connectivity index (χ4n) is 1.26. The van der Waals surface area contributed by atoms with Gasteiger partial charge >= 0.3 is 0 Å². The van der Waals surface area contributed by atoms with Crippen LogP contribution in [-0.2, 0) is 0 Å². The van der Waals surface area contributed by atoms with Gasteiger partial charge in [0.15, 0.2) is 5.11 Å². The highest BCUT2D eigenvalue weighted by Crippen LogP contribution is 2.16. The Kier molecular flexibility index (Phi) is 2.73. The summed E-state index contributed by atoms with van der Waals surface area (Å²) in [6.45, 7) is 0. The fraction of sp³-hybridized carbons (Fsp3) is 0.100. The number of methoxy groups -OCH3 is 1. The van der Waals surface area contributed by atoms with Crippen LogP contribution >= 0.6 is 12.2 Å². The third-order valence-electron chi connectivity index (χ3n) is 2.06. The van der Waals surface area contributed by atoms with Crippen LogP contribution in [-0.4, -0.2) is 12.2 Å². The minimum absolute atomic E-state index is 0.562. The van der Waals surface area contributed by atoms with Gasteiger partial charge in [0.25, 0.3) is 0 Å². The van der Waals surface area contributed by atoms with E-state index in [1.54, 1.807) is 7.11 Å². The van der Waals surface area contributed by atoms with Gasteiger partial charge in [0.2, 0.25) is 0 Å². The summed E-state index contributed by atoms with van der Waals surface area (Å²) in [7, 11) is 1.65. The molecule has 1 heterocycles. The van der Waals surface area contributed by atoms with Crippen molar-refractivity contribution >= 4 is 23.0 Å². The van der Waals surface area contributed by atoms with E-state index in [2.05, 4.69) is 16.2 Å². The highest BCUT2D eigenvalue weighted by Gasteiger charge is 2.06. The van der Waals surface area contributed by atoms with Crippen LogP contribution in [0.4, 0.5) is 0 Å². The van der Waals surface area contributed by atoms with Crippen molar-refractivity contribution in [2.45, 2.75) is 0 Å². The minimum Gasteiger partial charge on any atom is -0.497 e. The number of thiocarbonyl (C=S) groups is 1. The first kappa shape index (κ1) is 9.79. The Morgan fingerprint density at radius 1 is 1.13 bits per heavy atom. The zero-order chi connectivity index (χ0) is 10.7. The summed E-state index contributed by atoms with van der Waals surface area (Å²) in [5.41, 5.74) is 7.81. The predicted octanol–water partition coefficient (Wildman–Crippen LogP) is 0.976. The number of rotatable bonds is 2. The molecule has 0 atom stereocenters. The zero-order valence-electron chi connectivity index (χ0n) is 8.20. The average molecular weight is 221 g/mol. The Morgan fingerprint density at radius 3 is 2.40 bits per heavy atom. The molecular formula is C10H11N3OS. The molecule has 4 nitrogen and oxygen atoms in total. The fourth-order valence-corrected chi connectivity index (χ4v) is 1.37. The molecule has 1 aromatic rings. The molecule has 0 saturated carbocycles. The maximum Gasteiger partial charge on any atom is 0.189 e. The van der Waals surface area contributed by atoms with Crippen molar-refractivity contribution in [3.63, 3.8) is 0 Å². The van der Waals surface area contributed by atoms with Crippen LogP contribution in [0.2, 0.25) is 0 Å². The molecular weight excluding hydrogens is 210 g/mol. The van der Waals surface area contributed by atoms with Crippen molar-refractivity contribution in [3.8, 4) is 5.75 Å². The van der Waals surface area contributed by atoms with E-state index in [1.165, 1.54) is 0 Å². The normalized spacial score (nSPS) is 14.5. The Bertz CT molecular complexity index is 400. The van der Waals surface area contributed by atoms with Crippen LogP contribution in [0.15, 0.2) is 30.5 Å².